The van der Waals surface area contributed by atoms with Crippen molar-refractivity contribution in [2.45, 2.75) is 85.2 Å². The third kappa shape index (κ3) is 7.71. The maximum Gasteiger partial charge on any atom is 0.231 e. The fourth-order valence-electron chi connectivity index (χ4n) is 0.605. The van der Waals surface area contributed by atoms with Crippen molar-refractivity contribution < 1.29 is 19.6 Å². The summed E-state index contributed by atoms with van der Waals surface area (Å²) in [4.78, 5) is 21.4. The van der Waals surface area contributed by atoms with Gasteiger partial charge in [0.25, 0.3) is 0 Å². The second-order valence-corrected chi connectivity index (χ2v) is 6.05. The minimum absolute atomic E-state index is 0.332. The van der Waals surface area contributed by atoms with E-state index in [0.717, 1.165) is 6.42 Å². The molecule has 0 bridgehead atoms. The first kappa shape index (κ1) is 16.8. The van der Waals surface area contributed by atoms with E-state index in [9.17, 15) is 0 Å². The zero-order valence-electron chi connectivity index (χ0n) is 12.5. The van der Waals surface area contributed by atoms with Crippen molar-refractivity contribution in [1.82, 2.24) is 0 Å². The third-order valence-electron chi connectivity index (χ3n) is 2.41. The molecule has 4 heteroatoms. The van der Waals surface area contributed by atoms with Crippen LogP contribution in [0.3, 0.4) is 0 Å². The molecule has 0 aliphatic heterocycles. The van der Waals surface area contributed by atoms with Gasteiger partial charge >= 0.3 is 0 Å². The van der Waals surface area contributed by atoms with E-state index in [1.807, 2.05) is 48.5 Å². The molecule has 0 heterocycles. The summed E-state index contributed by atoms with van der Waals surface area (Å²) in [6, 6.07) is 0. The molecule has 0 aromatic rings. The fraction of sp³-hybridized carbons (Fsp3) is 1.00. The molecule has 0 saturated heterocycles. The van der Waals surface area contributed by atoms with Gasteiger partial charge in [0.05, 0.1) is 11.2 Å². The molecule has 0 rings (SSSR count). The lowest BCUT2D eigenvalue weighted by Gasteiger charge is -2.32. The topological polar surface area (TPSA) is 36.9 Å². The van der Waals surface area contributed by atoms with Crippen molar-refractivity contribution in [1.29, 1.82) is 0 Å². The van der Waals surface area contributed by atoms with Gasteiger partial charge in [-0.15, -0.1) is 0 Å². The first-order valence-electron chi connectivity index (χ1n) is 6.27. The molecule has 0 aromatic carbocycles. The van der Waals surface area contributed by atoms with E-state index >= 15 is 0 Å². The predicted octanol–water partition coefficient (Wildman–Crippen LogP) is 4.00. The van der Waals surface area contributed by atoms with Crippen molar-refractivity contribution in [3.05, 3.63) is 0 Å². The van der Waals surface area contributed by atoms with Crippen LogP contribution in [0, 0.1) is 0 Å². The summed E-state index contributed by atoms with van der Waals surface area (Å²) < 4.78 is 0. The van der Waals surface area contributed by atoms with Crippen LogP contribution in [0.2, 0.25) is 0 Å². The molecule has 0 fully saturated rings. The fourth-order valence-corrected chi connectivity index (χ4v) is 0.605. The second-order valence-electron chi connectivity index (χ2n) is 6.05. The Morgan fingerprint density at radius 1 is 0.647 bits per heavy atom. The van der Waals surface area contributed by atoms with Crippen LogP contribution in [-0.4, -0.2) is 17.0 Å². The van der Waals surface area contributed by atoms with Gasteiger partial charge in [0.15, 0.2) is 0 Å². The molecule has 0 radical (unpaired) electrons. The summed E-state index contributed by atoms with van der Waals surface area (Å²) in [7, 11) is 0. The molecule has 17 heavy (non-hydrogen) atoms. The average molecular weight is 248 g/mol. The van der Waals surface area contributed by atoms with Gasteiger partial charge in [-0.3, -0.25) is 0 Å². The van der Waals surface area contributed by atoms with Crippen molar-refractivity contribution in [3.8, 4) is 0 Å². The van der Waals surface area contributed by atoms with Crippen molar-refractivity contribution in [3.63, 3.8) is 0 Å². The van der Waals surface area contributed by atoms with E-state index < -0.39 is 5.79 Å². The Labute approximate surface area is 105 Å². The van der Waals surface area contributed by atoms with Crippen LogP contribution >= 0.6 is 0 Å². The summed E-state index contributed by atoms with van der Waals surface area (Å²) in [5.41, 5.74) is -0.707. The van der Waals surface area contributed by atoms with Gasteiger partial charge in [-0.05, 0) is 48.0 Å². The number of hydrogen-bond donors (Lipinski definition) is 0. The molecule has 0 aliphatic carbocycles. The minimum Gasteiger partial charge on any atom is -0.228 e. The quantitative estimate of drug-likeness (QED) is 0.388. The highest BCUT2D eigenvalue weighted by molar-refractivity contribution is 4.64. The van der Waals surface area contributed by atoms with Crippen LogP contribution in [0.25, 0.3) is 0 Å². The molecule has 4 nitrogen and oxygen atoms in total. The Bertz CT molecular complexity index is 220. The molecule has 0 aromatic heterocycles. The zero-order chi connectivity index (χ0) is 13.7. The zero-order valence-corrected chi connectivity index (χ0v) is 12.5. The lowest BCUT2D eigenvalue weighted by molar-refractivity contribution is -0.538. The molecule has 104 valence electrons. The normalized spacial score (nSPS) is 16.9. The highest BCUT2D eigenvalue weighted by atomic mass is 17.3. The van der Waals surface area contributed by atoms with Gasteiger partial charge in [0.1, 0.15) is 0 Å². The molecule has 0 amide bonds. The van der Waals surface area contributed by atoms with Crippen LogP contribution in [0.5, 0.6) is 0 Å². The van der Waals surface area contributed by atoms with E-state index in [1.54, 1.807) is 6.92 Å². The van der Waals surface area contributed by atoms with Crippen LogP contribution in [0.15, 0.2) is 0 Å². The van der Waals surface area contributed by atoms with Gasteiger partial charge in [-0.1, -0.05) is 13.8 Å². The first-order valence-corrected chi connectivity index (χ1v) is 6.27. The SMILES string of the molecule is CCC(C)(C)OOC(C)(CC)OOC(C)(C)C. The summed E-state index contributed by atoms with van der Waals surface area (Å²) in [5.74, 6) is -0.889. The first-order chi connectivity index (χ1) is 7.54. The summed E-state index contributed by atoms with van der Waals surface area (Å²) >= 11 is 0. The number of hydrogen-bond acceptors (Lipinski definition) is 4. The minimum atomic E-state index is -0.889. The number of rotatable bonds is 7. The van der Waals surface area contributed by atoms with Crippen LogP contribution in [0.1, 0.15) is 68.2 Å². The smallest absolute Gasteiger partial charge is 0.228 e. The molecular weight excluding hydrogens is 220 g/mol. The van der Waals surface area contributed by atoms with Gasteiger partial charge < -0.3 is 0 Å². The molecular formula is C13H28O4. The summed E-state index contributed by atoms with van der Waals surface area (Å²) in [6.45, 7) is 15.5. The Morgan fingerprint density at radius 3 is 1.47 bits per heavy atom. The molecule has 0 N–H and O–H groups in total. The Balaban J connectivity index is 4.28. The van der Waals surface area contributed by atoms with Gasteiger partial charge in [-0.25, -0.2) is 9.78 Å². The second kappa shape index (κ2) is 6.14. The molecule has 0 spiro atoms. The maximum absolute atomic E-state index is 5.39. The Morgan fingerprint density at radius 2 is 1.12 bits per heavy atom. The molecule has 1 unspecified atom stereocenters. The highest BCUT2D eigenvalue weighted by Gasteiger charge is 2.32. The maximum atomic E-state index is 5.39. The predicted molar refractivity (Wildman–Crippen MR) is 67.2 cm³/mol. The Hall–Kier alpha value is -0.160. The lowest BCUT2D eigenvalue weighted by atomic mass is 10.1. The molecule has 0 aliphatic rings. The van der Waals surface area contributed by atoms with E-state index in [0.29, 0.717) is 6.42 Å². The average Bonchev–Trinajstić information content (AvgIpc) is 2.23. The van der Waals surface area contributed by atoms with Crippen LogP contribution in [0.4, 0.5) is 0 Å². The van der Waals surface area contributed by atoms with Crippen molar-refractivity contribution in [2.24, 2.45) is 0 Å². The highest BCUT2D eigenvalue weighted by Crippen LogP contribution is 2.25. The van der Waals surface area contributed by atoms with Gasteiger partial charge in [0, 0.05) is 6.42 Å². The molecule has 1 atom stereocenters. The van der Waals surface area contributed by atoms with Crippen molar-refractivity contribution in [2.75, 3.05) is 0 Å². The van der Waals surface area contributed by atoms with E-state index in [4.69, 9.17) is 19.6 Å². The van der Waals surface area contributed by atoms with E-state index in [-0.39, 0.29) is 11.2 Å². The lowest BCUT2D eigenvalue weighted by Crippen LogP contribution is -2.38. The van der Waals surface area contributed by atoms with Crippen LogP contribution in [-0.2, 0) is 19.6 Å². The van der Waals surface area contributed by atoms with Crippen LogP contribution < -0.4 is 0 Å². The molecule has 0 saturated carbocycles. The summed E-state index contributed by atoms with van der Waals surface area (Å²) in [5, 5.41) is 0. The van der Waals surface area contributed by atoms with Gasteiger partial charge in [-0.2, -0.15) is 9.78 Å². The third-order valence-corrected chi connectivity index (χ3v) is 2.41. The standard InChI is InChI=1S/C13H28O4/c1-9-12(6,7)15-17-13(8,10-2)16-14-11(3,4)5/h9-10H2,1-8H3. The van der Waals surface area contributed by atoms with E-state index in [2.05, 4.69) is 0 Å². The Kier molecular flexibility index (Phi) is 6.08. The van der Waals surface area contributed by atoms with Crippen molar-refractivity contribution >= 4 is 0 Å². The largest absolute Gasteiger partial charge is 0.231 e. The van der Waals surface area contributed by atoms with Gasteiger partial charge in [0.2, 0.25) is 5.79 Å². The summed E-state index contributed by atoms with van der Waals surface area (Å²) in [6.07, 6.45) is 1.48. The monoisotopic (exact) mass is 248 g/mol. The van der Waals surface area contributed by atoms with E-state index in [1.165, 1.54) is 0 Å².